The second kappa shape index (κ2) is 8.36. The highest BCUT2D eigenvalue weighted by molar-refractivity contribution is 6.08. The lowest BCUT2D eigenvalue weighted by atomic mass is 10.1. The summed E-state index contributed by atoms with van der Waals surface area (Å²) in [7, 11) is 2.06. The van der Waals surface area contributed by atoms with E-state index in [1.807, 2.05) is 29.2 Å². The maximum atomic E-state index is 13.1. The molecule has 4 rings (SSSR count). The summed E-state index contributed by atoms with van der Waals surface area (Å²) in [5, 5.41) is 3.72. The Morgan fingerprint density at radius 1 is 0.966 bits per heavy atom. The standard InChI is InChI=1S/C22H23N5O2/c1-26-12-5-13-27(15-14-26)22(29)17-7-2-3-8-18(17)25-21(28)19-10-9-16-6-4-11-23-20(16)24-19/h2-4,6-11H,5,12-15H2,1H3,(H,25,28). The summed E-state index contributed by atoms with van der Waals surface area (Å²) in [6.45, 7) is 3.21. The van der Waals surface area contributed by atoms with E-state index in [-0.39, 0.29) is 17.5 Å². The number of hydrogen-bond donors (Lipinski definition) is 1. The predicted octanol–water partition coefficient (Wildman–Crippen LogP) is 2.66. The van der Waals surface area contributed by atoms with Crippen molar-refractivity contribution in [3.05, 3.63) is 66.0 Å². The minimum atomic E-state index is -0.367. The third-order valence-electron chi connectivity index (χ3n) is 5.11. The average molecular weight is 389 g/mol. The number of carbonyl (C=O) groups excluding carboxylic acids is 2. The fourth-order valence-electron chi connectivity index (χ4n) is 3.46. The Morgan fingerprint density at radius 3 is 2.72 bits per heavy atom. The highest BCUT2D eigenvalue weighted by Gasteiger charge is 2.22. The SMILES string of the molecule is CN1CCCN(C(=O)c2ccccc2NC(=O)c2ccc3cccnc3n2)CC1. The fraction of sp³-hybridized carbons (Fsp3) is 0.273. The summed E-state index contributed by atoms with van der Waals surface area (Å²) < 4.78 is 0. The smallest absolute Gasteiger partial charge is 0.274 e. The molecule has 0 unspecified atom stereocenters. The second-order valence-electron chi connectivity index (χ2n) is 7.20. The van der Waals surface area contributed by atoms with Crippen molar-refractivity contribution in [3.8, 4) is 0 Å². The number of carbonyl (C=O) groups is 2. The molecule has 0 spiro atoms. The van der Waals surface area contributed by atoms with Crippen LogP contribution in [0.4, 0.5) is 5.69 Å². The van der Waals surface area contributed by atoms with Crippen molar-refractivity contribution in [2.24, 2.45) is 0 Å². The van der Waals surface area contributed by atoms with E-state index in [1.165, 1.54) is 0 Å². The van der Waals surface area contributed by atoms with E-state index in [9.17, 15) is 9.59 Å². The van der Waals surface area contributed by atoms with Crippen molar-refractivity contribution >= 4 is 28.5 Å². The number of benzene rings is 1. The highest BCUT2D eigenvalue weighted by Crippen LogP contribution is 2.20. The van der Waals surface area contributed by atoms with E-state index in [1.54, 1.807) is 30.5 Å². The quantitative estimate of drug-likeness (QED) is 0.745. The number of hydrogen-bond acceptors (Lipinski definition) is 5. The van der Waals surface area contributed by atoms with Crippen molar-refractivity contribution < 1.29 is 9.59 Å². The van der Waals surface area contributed by atoms with Gasteiger partial charge >= 0.3 is 0 Å². The van der Waals surface area contributed by atoms with Crippen LogP contribution < -0.4 is 5.32 Å². The van der Waals surface area contributed by atoms with Gasteiger partial charge in [-0.2, -0.15) is 0 Å². The van der Waals surface area contributed by atoms with Gasteiger partial charge < -0.3 is 15.1 Å². The molecule has 1 N–H and O–H groups in total. The largest absolute Gasteiger partial charge is 0.337 e. The molecule has 7 heteroatoms. The molecule has 0 atom stereocenters. The van der Waals surface area contributed by atoms with E-state index in [4.69, 9.17) is 0 Å². The monoisotopic (exact) mass is 389 g/mol. The summed E-state index contributed by atoms with van der Waals surface area (Å²) in [5.41, 5.74) is 1.75. The highest BCUT2D eigenvalue weighted by atomic mass is 16.2. The van der Waals surface area contributed by atoms with Gasteiger partial charge in [0, 0.05) is 31.2 Å². The topological polar surface area (TPSA) is 78.4 Å². The zero-order valence-electron chi connectivity index (χ0n) is 16.3. The van der Waals surface area contributed by atoms with Crippen LogP contribution in [0, 0.1) is 0 Å². The van der Waals surface area contributed by atoms with Gasteiger partial charge in [0.25, 0.3) is 11.8 Å². The van der Waals surface area contributed by atoms with Gasteiger partial charge in [0.1, 0.15) is 5.69 Å². The van der Waals surface area contributed by atoms with E-state index in [0.717, 1.165) is 24.9 Å². The zero-order chi connectivity index (χ0) is 20.2. The molecule has 1 aliphatic heterocycles. The van der Waals surface area contributed by atoms with E-state index in [2.05, 4.69) is 27.2 Å². The molecule has 0 saturated carbocycles. The molecule has 148 valence electrons. The molecular formula is C22H23N5O2. The van der Waals surface area contributed by atoms with E-state index >= 15 is 0 Å². The molecule has 3 heterocycles. The molecule has 3 aromatic rings. The van der Waals surface area contributed by atoms with Gasteiger partial charge in [-0.05, 0) is 56.4 Å². The van der Waals surface area contributed by atoms with Crippen molar-refractivity contribution in [1.29, 1.82) is 0 Å². The number of amides is 2. The number of nitrogens with one attached hydrogen (secondary N) is 1. The van der Waals surface area contributed by atoms with Crippen molar-refractivity contribution in [1.82, 2.24) is 19.8 Å². The number of para-hydroxylation sites is 1. The molecule has 0 aliphatic carbocycles. The van der Waals surface area contributed by atoms with Gasteiger partial charge in [-0.1, -0.05) is 12.1 Å². The Hall–Kier alpha value is -3.32. The normalized spacial score (nSPS) is 15.1. The molecule has 0 bridgehead atoms. The first-order chi connectivity index (χ1) is 14.1. The van der Waals surface area contributed by atoms with Gasteiger partial charge in [0.2, 0.25) is 0 Å². The number of nitrogens with zero attached hydrogens (tertiary/aromatic N) is 4. The lowest BCUT2D eigenvalue weighted by molar-refractivity contribution is 0.0764. The third-order valence-corrected chi connectivity index (χ3v) is 5.11. The van der Waals surface area contributed by atoms with Crippen LogP contribution in [-0.2, 0) is 0 Å². The number of likely N-dealkylation sites (N-methyl/N-ethyl adjacent to an activating group) is 1. The number of aromatic nitrogens is 2. The lowest BCUT2D eigenvalue weighted by Gasteiger charge is -2.22. The number of fused-ring (bicyclic) bond motifs is 1. The molecule has 1 aromatic carbocycles. The van der Waals surface area contributed by atoms with E-state index in [0.29, 0.717) is 30.0 Å². The van der Waals surface area contributed by atoms with Crippen LogP contribution in [0.25, 0.3) is 11.0 Å². The van der Waals surface area contributed by atoms with Crippen LogP contribution in [-0.4, -0.2) is 64.8 Å². The lowest BCUT2D eigenvalue weighted by Crippen LogP contribution is -2.35. The summed E-state index contributed by atoms with van der Waals surface area (Å²) in [6.07, 6.45) is 2.58. The minimum absolute atomic E-state index is 0.0654. The van der Waals surface area contributed by atoms with Crippen LogP contribution >= 0.6 is 0 Å². The fourth-order valence-corrected chi connectivity index (χ4v) is 3.46. The van der Waals surface area contributed by atoms with Gasteiger partial charge in [-0.3, -0.25) is 9.59 Å². The Bertz CT molecular complexity index is 1050. The van der Waals surface area contributed by atoms with Crippen LogP contribution in [0.15, 0.2) is 54.7 Å². The Kier molecular flexibility index (Phi) is 5.48. The van der Waals surface area contributed by atoms with Gasteiger partial charge in [-0.25, -0.2) is 9.97 Å². The first kappa shape index (κ1) is 19.0. The summed E-state index contributed by atoms with van der Waals surface area (Å²) in [5.74, 6) is -0.433. The van der Waals surface area contributed by atoms with Crippen molar-refractivity contribution in [2.45, 2.75) is 6.42 Å². The van der Waals surface area contributed by atoms with Gasteiger partial charge in [0.05, 0.1) is 11.3 Å². The Morgan fingerprint density at radius 2 is 1.83 bits per heavy atom. The molecular weight excluding hydrogens is 366 g/mol. The van der Waals surface area contributed by atoms with Crippen LogP contribution in [0.5, 0.6) is 0 Å². The molecule has 2 aromatic heterocycles. The van der Waals surface area contributed by atoms with Gasteiger partial charge in [0.15, 0.2) is 5.65 Å². The number of pyridine rings is 2. The van der Waals surface area contributed by atoms with Crippen LogP contribution in [0.3, 0.4) is 0 Å². The molecule has 1 saturated heterocycles. The second-order valence-corrected chi connectivity index (χ2v) is 7.20. The summed E-state index contributed by atoms with van der Waals surface area (Å²) in [6, 6.07) is 14.3. The average Bonchev–Trinajstić information content (AvgIpc) is 2.97. The van der Waals surface area contributed by atoms with Crippen molar-refractivity contribution in [3.63, 3.8) is 0 Å². The molecule has 2 amide bonds. The summed E-state index contributed by atoms with van der Waals surface area (Å²) in [4.78, 5) is 38.5. The van der Waals surface area contributed by atoms with Crippen molar-refractivity contribution in [2.75, 3.05) is 38.5 Å². The molecule has 7 nitrogen and oxygen atoms in total. The minimum Gasteiger partial charge on any atom is -0.337 e. The molecule has 1 fully saturated rings. The predicted molar refractivity (Wildman–Crippen MR) is 112 cm³/mol. The Labute approximate surface area is 169 Å². The molecule has 29 heavy (non-hydrogen) atoms. The number of rotatable bonds is 3. The number of anilines is 1. The maximum absolute atomic E-state index is 13.1. The first-order valence-electron chi connectivity index (χ1n) is 9.72. The van der Waals surface area contributed by atoms with Crippen LogP contribution in [0.1, 0.15) is 27.3 Å². The molecule has 1 aliphatic rings. The van der Waals surface area contributed by atoms with E-state index < -0.39 is 0 Å². The zero-order valence-corrected chi connectivity index (χ0v) is 16.3. The van der Waals surface area contributed by atoms with Gasteiger partial charge in [-0.15, -0.1) is 0 Å². The van der Waals surface area contributed by atoms with Crippen LogP contribution in [0.2, 0.25) is 0 Å². The summed E-state index contributed by atoms with van der Waals surface area (Å²) >= 11 is 0. The molecule has 0 radical (unpaired) electrons. The third kappa shape index (κ3) is 4.25. The maximum Gasteiger partial charge on any atom is 0.274 e. The Balaban J connectivity index is 1.56. The first-order valence-corrected chi connectivity index (χ1v) is 9.72.